The highest BCUT2D eigenvalue weighted by Gasteiger charge is 2.46. The molecule has 1 aromatic rings. The molecule has 20 heavy (non-hydrogen) atoms. The fourth-order valence-corrected chi connectivity index (χ4v) is 3.92. The number of amides is 1. The Labute approximate surface area is 118 Å². The van der Waals surface area contributed by atoms with Crippen LogP contribution in [-0.4, -0.2) is 35.0 Å². The first kappa shape index (κ1) is 13.2. The van der Waals surface area contributed by atoms with Crippen LogP contribution in [0.4, 0.5) is 0 Å². The average molecular weight is 273 g/mol. The number of benzene rings is 1. The van der Waals surface area contributed by atoms with Crippen LogP contribution < -0.4 is 0 Å². The number of likely N-dealkylation sites (N-methyl/N-ethyl adjacent to an activating group) is 1. The summed E-state index contributed by atoms with van der Waals surface area (Å²) in [6, 6.07) is 5.67. The Balaban J connectivity index is 2.07. The van der Waals surface area contributed by atoms with Gasteiger partial charge in [0.25, 0.3) is 0 Å². The fraction of sp³-hybridized carbons (Fsp3) is 0.500. The Kier molecular flexibility index (Phi) is 2.85. The van der Waals surface area contributed by atoms with Gasteiger partial charge in [-0.15, -0.1) is 0 Å². The minimum absolute atomic E-state index is 0.0483. The number of hydrogen-bond acceptors (Lipinski definition) is 2. The van der Waals surface area contributed by atoms with Crippen LogP contribution >= 0.6 is 0 Å². The molecule has 1 N–H and O–H groups in total. The van der Waals surface area contributed by atoms with Crippen LogP contribution in [0, 0.1) is 0 Å². The molecule has 1 fully saturated rings. The summed E-state index contributed by atoms with van der Waals surface area (Å²) in [7, 11) is 1.89. The van der Waals surface area contributed by atoms with Crippen molar-refractivity contribution in [3.8, 4) is 0 Å². The monoisotopic (exact) mass is 273 g/mol. The molecule has 1 amide bonds. The molecule has 4 nitrogen and oxygen atoms in total. The summed E-state index contributed by atoms with van der Waals surface area (Å²) in [5, 5.41) is 9.11. The number of rotatable bonds is 1. The second-order valence-electron chi connectivity index (χ2n) is 6.15. The van der Waals surface area contributed by atoms with Gasteiger partial charge in [-0.25, -0.2) is 4.79 Å². The molecule has 0 aromatic heterocycles. The lowest BCUT2D eigenvalue weighted by Crippen LogP contribution is -2.56. The van der Waals surface area contributed by atoms with Crippen LogP contribution in [0.2, 0.25) is 0 Å². The van der Waals surface area contributed by atoms with Gasteiger partial charge < -0.3 is 10.0 Å². The van der Waals surface area contributed by atoms with Gasteiger partial charge in [-0.1, -0.05) is 13.0 Å². The average Bonchev–Trinajstić information content (AvgIpc) is 2.43. The van der Waals surface area contributed by atoms with E-state index in [9.17, 15) is 9.59 Å². The first-order chi connectivity index (χ1) is 9.43. The maximum absolute atomic E-state index is 11.9. The molecule has 2 atom stereocenters. The second kappa shape index (κ2) is 4.33. The van der Waals surface area contributed by atoms with Crippen molar-refractivity contribution in [1.82, 2.24) is 4.90 Å². The number of carbonyl (C=O) groups is 2. The van der Waals surface area contributed by atoms with E-state index in [0.717, 1.165) is 24.8 Å². The van der Waals surface area contributed by atoms with Crippen LogP contribution in [0.25, 0.3) is 0 Å². The summed E-state index contributed by atoms with van der Waals surface area (Å²) in [6.07, 6.45) is 3.17. The lowest BCUT2D eigenvalue weighted by molar-refractivity contribution is -0.138. The first-order valence-electron chi connectivity index (χ1n) is 7.06. The van der Waals surface area contributed by atoms with Gasteiger partial charge in [0, 0.05) is 24.9 Å². The fourth-order valence-electron chi connectivity index (χ4n) is 3.92. The number of carbonyl (C=O) groups excluding carboxylic acids is 1. The standard InChI is InChI=1S/C16H19NO3/c1-16-8-7-14(18)17(2)13(16)6-4-10-9-11(15(19)20)3-5-12(10)16/h3,5,9,13H,4,6-8H2,1-2H3,(H,19,20)/t13?,16-/m1/s1. The van der Waals surface area contributed by atoms with Crippen molar-refractivity contribution >= 4 is 11.9 Å². The molecule has 1 aliphatic carbocycles. The summed E-state index contributed by atoms with van der Waals surface area (Å²) in [5.74, 6) is -0.658. The molecule has 0 bridgehead atoms. The maximum Gasteiger partial charge on any atom is 0.335 e. The number of hydrogen-bond donors (Lipinski definition) is 1. The van der Waals surface area contributed by atoms with Crippen molar-refractivity contribution in [3.63, 3.8) is 0 Å². The third-order valence-corrected chi connectivity index (χ3v) is 5.11. The molecule has 0 radical (unpaired) electrons. The van der Waals surface area contributed by atoms with E-state index >= 15 is 0 Å². The second-order valence-corrected chi connectivity index (χ2v) is 6.15. The van der Waals surface area contributed by atoms with Gasteiger partial charge in [0.2, 0.25) is 5.91 Å². The molecule has 1 heterocycles. The lowest BCUT2D eigenvalue weighted by Gasteiger charge is -2.50. The largest absolute Gasteiger partial charge is 0.478 e. The predicted molar refractivity (Wildman–Crippen MR) is 74.9 cm³/mol. The number of carboxylic acids is 1. The summed E-state index contributed by atoms with van der Waals surface area (Å²) in [4.78, 5) is 24.9. The van der Waals surface area contributed by atoms with E-state index in [0.29, 0.717) is 12.0 Å². The Morgan fingerprint density at radius 3 is 2.85 bits per heavy atom. The van der Waals surface area contributed by atoms with Crippen molar-refractivity contribution in [3.05, 3.63) is 34.9 Å². The molecule has 1 aliphatic heterocycles. The number of aromatic carboxylic acids is 1. The zero-order chi connectivity index (χ0) is 14.5. The van der Waals surface area contributed by atoms with Gasteiger partial charge in [0.15, 0.2) is 0 Å². The van der Waals surface area contributed by atoms with Gasteiger partial charge in [-0.3, -0.25) is 4.79 Å². The van der Waals surface area contributed by atoms with Crippen LogP contribution in [0.1, 0.15) is 47.7 Å². The molecular formula is C16H19NO3. The van der Waals surface area contributed by atoms with Crippen LogP contribution in [-0.2, 0) is 16.6 Å². The third-order valence-electron chi connectivity index (χ3n) is 5.11. The van der Waals surface area contributed by atoms with E-state index in [4.69, 9.17) is 5.11 Å². The molecule has 2 aliphatic rings. The van der Waals surface area contributed by atoms with E-state index < -0.39 is 5.97 Å². The summed E-state index contributed by atoms with van der Waals surface area (Å²) >= 11 is 0. The molecule has 1 saturated heterocycles. The number of piperidine rings is 1. The number of aryl methyl sites for hydroxylation is 1. The summed E-state index contributed by atoms with van der Waals surface area (Å²) in [6.45, 7) is 2.21. The molecule has 1 aromatic carbocycles. The predicted octanol–water partition coefficient (Wildman–Crippen LogP) is 2.21. The lowest BCUT2D eigenvalue weighted by atomic mass is 9.63. The number of fused-ring (bicyclic) bond motifs is 3. The quantitative estimate of drug-likeness (QED) is 0.853. The Morgan fingerprint density at radius 1 is 1.40 bits per heavy atom. The molecule has 0 spiro atoms. The first-order valence-corrected chi connectivity index (χ1v) is 7.06. The molecule has 0 saturated carbocycles. The maximum atomic E-state index is 11.9. The van der Waals surface area contributed by atoms with Gasteiger partial charge in [-0.05, 0) is 42.5 Å². The Hall–Kier alpha value is -1.84. The van der Waals surface area contributed by atoms with E-state index in [-0.39, 0.29) is 17.4 Å². The highest BCUT2D eigenvalue weighted by molar-refractivity contribution is 5.88. The SMILES string of the molecule is CN1C(=O)CC[C@]2(C)c3ccc(C(=O)O)cc3CCC12. The summed E-state index contributed by atoms with van der Waals surface area (Å²) < 4.78 is 0. The van der Waals surface area contributed by atoms with Gasteiger partial charge in [-0.2, -0.15) is 0 Å². The zero-order valence-electron chi connectivity index (χ0n) is 11.8. The molecule has 4 heteroatoms. The number of likely N-dealkylation sites (tertiary alicyclic amines) is 1. The molecule has 1 unspecified atom stereocenters. The van der Waals surface area contributed by atoms with Crippen molar-refractivity contribution in [2.75, 3.05) is 7.05 Å². The third kappa shape index (κ3) is 1.74. The zero-order valence-corrected chi connectivity index (χ0v) is 11.8. The van der Waals surface area contributed by atoms with Crippen LogP contribution in [0.3, 0.4) is 0 Å². The molecule has 106 valence electrons. The van der Waals surface area contributed by atoms with Crippen molar-refractivity contribution in [2.45, 2.75) is 44.1 Å². The summed E-state index contributed by atoms with van der Waals surface area (Å²) in [5.41, 5.74) is 2.66. The highest BCUT2D eigenvalue weighted by atomic mass is 16.4. The van der Waals surface area contributed by atoms with Gasteiger partial charge >= 0.3 is 5.97 Å². The normalized spacial score (nSPS) is 28.8. The van der Waals surface area contributed by atoms with Crippen LogP contribution in [0.5, 0.6) is 0 Å². The van der Waals surface area contributed by atoms with E-state index in [2.05, 4.69) is 6.92 Å². The van der Waals surface area contributed by atoms with Crippen molar-refractivity contribution in [2.24, 2.45) is 0 Å². The minimum atomic E-state index is -0.879. The number of carboxylic acid groups (broad SMARTS) is 1. The van der Waals surface area contributed by atoms with E-state index in [1.807, 2.05) is 18.0 Å². The highest BCUT2D eigenvalue weighted by Crippen LogP contribution is 2.45. The van der Waals surface area contributed by atoms with Crippen LogP contribution in [0.15, 0.2) is 18.2 Å². The molecule has 3 rings (SSSR count). The smallest absolute Gasteiger partial charge is 0.335 e. The van der Waals surface area contributed by atoms with Gasteiger partial charge in [0.1, 0.15) is 0 Å². The Bertz CT molecular complexity index is 595. The topological polar surface area (TPSA) is 57.6 Å². The minimum Gasteiger partial charge on any atom is -0.478 e. The van der Waals surface area contributed by atoms with E-state index in [1.165, 1.54) is 5.56 Å². The number of nitrogens with zero attached hydrogens (tertiary/aromatic N) is 1. The molecular weight excluding hydrogens is 254 g/mol. The Morgan fingerprint density at radius 2 is 2.15 bits per heavy atom. The van der Waals surface area contributed by atoms with Gasteiger partial charge in [0.05, 0.1) is 5.56 Å². The van der Waals surface area contributed by atoms with Crippen molar-refractivity contribution < 1.29 is 14.7 Å². The van der Waals surface area contributed by atoms with Crippen molar-refractivity contribution in [1.29, 1.82) is 0 Å². The van der Waals surface area contributed by atoms with E-state index in [1.54, 1.807) is 12.1 Å².